The molecule has 0 aliphatic carbocycles. The predicted octanol–water partition coefficient (Wildman–Crippen LogP) is 1.88. The minimum absolute atomic E-state index is 0.410. The highest BCUT2D eigenvalue weighted by atomic mass is 32.2. The lowest BCUT2D eigenvalue weighted by Crippen LogP contribution is -1.93. The summed E-state index contributed by atoms with van der Waals surface area (Å²) in [5.74, 6) is 7.92. The molecule has 1 aromatic rings. The molecule has 0 bridgehead atoms. The van der Waals surface area contributed by atoms with E-state index >= 15 is 0 Å². The molecule has 0 aliphatic rings. The number of hydrogen-bond acceptors (Lipinski definition) is 3. The second kappa shape index (κ2) is 8.23. The summed E-state index contributed by atoms with van der Waals surface area (Å²) in [5.41, 5.74) is 7.67. The molecule has 3 heteroatoms. The number of methoxy groups -OCH3 is 1. The first-order valence-electron chi connectivity index (χ1n) is 5.21. The molecule has 0 amide bonds. The minimum Gasteiger partial charge on any atom is -0.384 e. The van der Waals surface area contributed by atoms with Gasteiger partial charge in [0.25, 0.3) is 0 Å². The van der Waals surface area contributed by atoms with Crippen molar-refractivity contribution in [3.05, 3.63) is 35.4 Å². The molecule has 2 nitrogen and oxygen atoms in total. The Bertz CT molecular complexity index is 368. The van der Waals surface area contributed by atoms with Crippen LogP contribution >= 0.6 is 11.8 Å². The Hall–Kier alpha value is -0.950. The molecule has 0 atom stereocenters. The number of nitrogens with two attached hydrogens (primary N) is 1. The van der Waals surface area contributed by atoms with Crippen LogP contribution in [0.4, 0.5) is 0 Å². The molecule has 0 aliphatic heterocycles. The Morgan fingerprint density at radius 1 is 1.44 bits per heavy atom. The molecule has 0 aromatic heterocycles. The average Bonchev–Trinajstić information content (AvgIpc) is 2.33. The molecule has 0 radical (unpaired) electrons. The lowest BCUT2D eigenvalue weighted by atomic mass is 10.1. The van der Waals surface area contributed by atoms with Gasteiger partial charge >= 0.3 is 0 Å². The average molecular weight is 235 g/mol. The van der Waals surface area contributed by atoms with Crippen molar-refractivity contribution in [2.45, 2.75) is 5.75 Å². The number of ether oxygens (including phenoxy) is 1. The van der Waals surface area contributed by atoms with Crippen molar-refractivity contribution in [2.24, 2.45) is 5.73 Å². The molecule has 0 heterocycles. The van der Waals surface area contributed by atoms with Crippen molar-refractivity contribution in [3.8, 4) is 11.8 Å². The van der Waals surface area contributed by atoms with Crippen LogP contribution in [0.5, 0.6) is 0 Å². The Morgan fingerprint density at radius 2 is 2.31 bits per heavy atom. The van der Waals surface area contributed by atoms with E-state index in [0.29, 0.717) is 6.54 Å². The fraction of sp³-hybridized carbons (Fsp3) is 0.385. The predicted molar refractivity (Wildman–Crippen MR) is 70.4 cm³/mol. The van der Waals surface area contributed by atoms with Crippen LogP contribution in [-0.4, -0.2) is 26.0 Å². The van der Waals surface area contributed by atoms with Crippen molar-refractivity contribution in [3.63, 3.8) is 0 Å². The SMILES string of the molecule is COCCSCc1cccc(C#CCN)c1. The fourth-order valence-corrected chi connectivity index (χ4v) is 2.07. The van der Waals surface area contributed by atoms with Crippen LogP contribution < -0.4 is 5.73 Å². The third kappa shape index (κ3) is 5.22. The van der Waals surface area contributed by atoms with Crippen molar-refractivity contribution >= 4 is 11.8 Å². The normalized spacial score (nSPS) is 9.62. The van der Waals surface area contributed by atoms with Gasteiger partial charge in [-0.1, -0.05) is 24.0 Å². The third-order valence-corrected chi connectivity index (χ3v) is 2.96. The molecule has 0 spiro atoms. The molecule has 0 fully saturated rings. The molecule has 0 saturated carbocycles. The standard InChI is InChI=1S/C13H17NOS/c1-15-8-9-16-11-13-5-2-4-12(10-13)6-3-7-14/h2,4-5,10H,7-9,11,14H2,1H3. The second-order valence-electron chi connectivity index (χ2n) is 3.25. The topological polar surface area (TPSA) is 35.2 Å². The lowest BCUT2D eigenvalue weighted by Gasteiger charge is -2.02. The zero-order chi connectivity index (χ0) is 11.6. The molecule has 1 rings (SSSR count). The van der Waals surface area contributed by atoms with Crippen LogP contribution in [0.1, 0.15) is 11.1 Å². The summed E-state index contributed by atoms with van der Waals surface area (Å²) < 4.78 is 5.00. The smallest absolute Gasteiger partial charge is 0.0555 e. The van der Waals surface area contributed by atoms with E-state index in [0.717, 1.165) is 23.7 Å². The summed E-state index contributed by atoms with van der Waals surface area (Å²) in [6.07, 6.45) is 0. The van der Waals surface area contributed by atoms with Crippen molar-refractivity contribution in [1.82, 2.24) is 0 Å². The summed E-state index contributed by atoms with van der Waals surface area (Å²) in [5, 5.41) is 0. The lowest BCUT2D eigenvalue weighted by molar-refractivity contribution is 0.218. The highest BCUT2D eigenvalue weighted by Crippen LogP contribution is 2.13. The monoisotopic (exact) mass is 235 g/mol. The fourth-order valence-electron chi connectivity index (χ4n) is 1.22. The summed E-state index contributed by atoms with van der Waals surface area (Å²) >= 11 is 1.87. The van der Waals surface area contributed by atoms with Crippen LogP contribution in [0.2, 0.25) is 0 Å². The van der Waals surface area contributed by atoms with E-state index in [-0.39, 0.29) is 0 Å². The van der Waals surface area contributed by atoms with Crippen LogP contribution in [0.15, 0.2) is 24.3 Å². The van der Waals surface area contributed by atoms with Crippen LogP contribution in [0.3, 0.4) is 0 Å². The molecular weight excluding hydrogens is 218 g/mol. The quantitative estimate of drug-likeness (QED) is 0.625. The second-order valence-corrected chi connectivity index (χ2v) is 4.36. The minimum atomic E-state index is 0.410. The van der Waals surface area contributed by atoms with Crippen molar-refractivity contribution < 1.29 is 4.74 Å². The van der Waals surface area contributed by atoms with Crippen LogP contribution in [0.25, 0.3) is 0 Å². The van der Waals surface area contributed by atoms with Gasteiger partial charge in [0.05, 0.1) is 13.2 Å². The summed E-state index contributed by atoms with van der Waals surface area (Å²) in [4.78, 5) is 0. The van der Waals surface area contributed by atoms with E-state index < -0.39 is 0 Å². The third-order valence-electron chi connectivity index (χ3n) is 1.96. The van der Waals surface area contributed by atoms with Gasteiger partial charge < -0.3 is 10.5 Å². The van der Waals surface area contributed by atoms with E-state index in [1.165, 1.54) is 5.56 Å². The van der Waals surface area contributed by atoms with E-state index in [4.69, 9.17) is 10.5 Å². The first kappa shape index (κ1) is 13.1. The maximum absolute atomic E-state index is 5.34. The highest BCUT2D eigenvalue weighted by Gasteiger charge is 1.94. The Balaban J connectivity index is 2.47. The van der Waals surface area contributed by atoms with Crippen LogP contribution in [0, 0.1) is 11.8 Å². The number of hydrogen-bond donors (Lipinski definition) is 1. The van der Waals surface area contributed by atoms with Crippen LogP contribution in [-0.2, 0) is 10.5 Å². The van der Waals surface area contributed by atoms with E-state index in [1.807, 2.05) is 23.9 Å². The van der Waals surface area contributed by atoms with Gasteiger partial charge in [0.15, 0.2) is 0 Å². The maximum Gasteiger partial charge on any atom is 0.0555 e. The summed E-state index contributed by atoms with van der Waals surface area (Å²) in [6.45, 7) is 1.21. The van der Waals surface area contributed by atoms with Crippen molar-refractivity contribution in [2.75, 3.05) is 26.0 Å². The molecule has 0 unspecified atom stereocenters. The zero-order valence-electron chi connectivity index (χ0n) is 9.53. The first-order chi connectivity index (χ1) is 7.86. The highest BCUT2D eigenvalue weighted by molar-refractivity contribution is 7.98. The van der Waals surface area contributed by atoms with Gasteiger partial charge in [0, 0.05) is 24.2 Å². The summed E-state index contributed by atoms with van der Waals surface area (Å²) in [7, 11) is 1.73. The molecule has 86 valence electrons. The van der Waals surface area contributed by atoms with Gasteiger partial charge in [0.1, 0.15) is 0 Å². The largest absolute Gasteiger partial charge is 0.384 e. The molecule has 0 saturated heterocycles. The van der Waals surface area contributed by atoms with Gasteiger partial charge in [-0.25, -0.2) is 0 Å². The van der Waals surface area contributed by atoms with Gasteiger partial charge in [-0.05, 0) is 17.7 Å². The maximum atomic E-state index is 5.34. The molecule has 16 heavy (non-hydrogen) atoms. The van der Waals surface area contributed by atoms with Gasteiger partial charge in [0.2, 0.25) is 0 Å². The number of rotatable bonds is 5. The van der Waals surface area contributed by atoms with E-state index in [2.05, 4.69) is 24.0 Å². The Labute approximate surface area is 102 Å². The van der Waals surface area contributed by atoms with Crippen molar-refractivity contribution in [1.29, 1.82) is 0 Å². The number of thioether (sulfide) groups is 1. The van der Waals surface area contributed by atoms with Gasteiger partial charge in [-0.3, -0.25) is 0 Å². The van der Waals surface area contributed by atoms with E-state index in [1.54, 1.807) is 7.11 Å². The Kier molecular flexibility index (Phi) is 6.75. The summed E-state index contributed by atoms with van der Waals surface area (Å²) in [6, 6.07) is 8.27. The molecule has 1 aromatic carbocycles. The van der Waals surface area contributed by atoms with Gasteiger partial charge in [-0.15, -0.1) is 0 Å². The molecule has 2 N–H and O–H groups in total. The van der Waals surface area contributed by atoms with E-state index in [9.17, 15) is 0 Å². The number of benzene rings is 1. The zero-order valence-corrected chi connectivity index (χ0v) is 10.3. The van der Waals surface area contributed by atoms with Gasteiger partial charge in [-0.2, -0.15) is 11.8 Å². The Morgan fingerprint density at radius 3 is 3.06 bits per heavy atom. The molecular formula is C13H17NOS. The first-order valence-corrected chi connectivity index (χ1v) is 6.37.